The fraction of sp³-hybridized carbons (Fsp3) is 0. The van der Waals surface area contributed by atoms with Crippen molar-refractivity contribution in [2.75, 3.05) is 0 Å². The summed E-state index contributed by atoms with van der Waals surface area (Å²) in [6, 6.07) is 10.0. The fourth-order valence-corrected chi connectivity index (χ4v) is 0.589. The van der Waals surface area contributed by atoms with E-state index in [2.05, 4.69) is 25.5 Å². The van der Waals surface area contributed by atoms with Crippen LogP contribution in [0.2, 0.25) is 0 Å². The lowest BCUT2D eigenvalue weighted by Crippen LogP contribution is -1.63. The van der Waals surface area contributed by atoms with Crippen LogP contribution in [0.3, 0.4) is 0 Å². The lowest BCUT2D eigenvalue weighted by molar-refractivity contribution is 1.67. The molecular weight excluding hydrogens is 132 g/mol. The van der Waals surface area contributed by atoms with E-state index >= 15 is 0 Å². The summed E-state index contributed by atoms with van der Waals surface area (Å²) in [6.45, 7) is 9.88. The molecule has 0 saturated heterocycles. The molecule has 0 aliphatic heterocycles. The highest BCUT2D eigenvalue weighted by molar-refractivity contribution is 5.45. The molecule has 0 aliphatic carbocycles. The Hall–Kier alpha value is -1.52. The lowest BCUT2D eigenvalue weighted by atomic mass is 10.2. The Morgan fingerprint density at radius 1 is 1.09 bits per heavy atom. The third kappa shape index (κ3) is 4.95. The molecule has 11 heavy (non-hydrogen) atoms. The van der Waals surface area contributed by atoms with Crippen molar-refractivity contribution in [1.29, 1.82) is 0 Å². The topological polar surface area (TPSA) is 0 Å². The fourth-order valence-electron chi connectivity index (χ4n) is 0.589. The normalized spacial score (nSPS) is 6.91. The van der Waals surface area contributed by atoms with Gasteiger partial charge in [-0.1, -0.05) is 56.1 Å². The molecule has 0 atom stereocenters. The summed E-state index contributed by atoms with van der Waals surface area (Å²) in [7, 11) is 0. The lowest BCUT2D eigenvalue weighted by Gasteiger charge is -1.85. The zero-order chi connectivity index (χ0) is 8.53. The number of hydrogen-bond acceptors (Lipinski definition) is 0. The SMILES string of the molecule is C=C=C.C=Cc1ccccc1. The van der Waals surface area contributed by atoms with Gasteiger partial charge in [-0.05, 0) is 5.56 Å². The standard InChI is InChI=1S/C8H8.C3H4/c1-2-8-6-4-3-5-7-8;1-3-2/h2-7H,1H2;1-2H2. The molecule has 0 unspecified atom stereocenters. The van der Waals surface area contributed by atoms with Crippen molar-refractivity contribution < 1.29 is 0 Å². The first kappa shape index (κ1) is 9.48. The second-order valence-corrected chi connectivity index (χ2v) is 1.86. The van der Waals surface area contributed by atoms with Crippen LogP contribution >= 0.6 is 0 Å². The summed E-state index contributed by atoms with van der Waals surface area (Å²) >= 11 is 0. The van der Waals surface area contributed by atoms with Gasteiger partial charge in [0.25, 0.3) is 0 Å². The first-order chi connectivity index (χ1) is 5.35. The van der Waals surface area contributed by atoms with Gasteiger partial charge in [0.15, 0.2) is 0 Å². The zero-order valence-electron chi connectivity index (χ0n) is 6.59. The summed E-state index contributed by atoms with van der Waals surface area (Å²) in [5, 5.41) is 0. The molecule has 1 aromatic rings. The van der Waals surface area contributed by atoms with Gasteiger partial charge in [0.2, 0.25) is 0 Å². The van der Waals surface area contributed by atoms with Gasteiger partial charge in [-0.25, -0.2) is 0 Å². The van der Waals surface area contributed by atoms with Gasteiger partial charge in [0.1, 0.15) is 0 Å². The van der Waals surface area contributed by atoms with Crippen LogP contribution in [0.1, 0.15) is 5.56 Å². The minimum Gasteiger partial charge on any atom is -0.137 e. The number of hydrogen-bond donors (Lipinski definition) is 0. The number of benzene rings is 1. The largest absolute Gasteiger partial charge is 0.137 e. The van der Waals surface area contributed by atoms with Gasteiger partial charge >= 0.3 is 0 Å². The molecule has 0 nitrogen and oxygen atoms in total. The van der Waals surface area contributed by atoms with Crippen molar-refractivity contribution in [3.8, 4) is 0 Å². The predicted octanol–water partition coefficient (Wildman–Crippen LogP) is 3.29. The van der Waals surface area contributed by atoms with E-state index in [-0.39, 0.29) is 0 Å². The van der Waals surface area contributed by atoms with E-state index < -0.39 is 0 Å². The maximum Gasteiger partial charge on any atom is -0.0263 e. The molecule has 0 saturated carbocycles. The van der Waals surface area contributed by atoms with Gasteiger partial charge in [0, 0.05) is 0 Å². The Bertz CT molecular complexity index is 225. The molecule has 0 bridgehead atoms. The Labute approximate surface area is 68.2 Å². The smallest absolute Gasteiger partial charge is 0.0263 e. The molecule has 56 valence electrons. The number of rotatable bonds is 1. The summed E-state index contributed by atoms with van der Waals surface area (Å²) in [5.74, 6) is 0. The first-order valence-electron chi connectivity index (χ1n) is 3.31. The average molecular weight is 144 g/mol. The summed E-state index contributed by atoms with van der Waals surface area (Å²) in [5.41, 5.74) is 3.42. The Morgan fingerprint density at radius 2 is 1.55 bits per heavy atom. The summed E-state index contributed by atoms with van der Waals surface area (Å²) in [6.07, 6.45) is 1.83. The van der Waals surface area contributed by atoms with E-state index in [0.29, 0.717) is 0 Å². The maximum absolute atomic E-state index is 3.63. The Balaban J connectivity index is 0.000000292. The second kappa shape index (κ2) is 6.60. The van der Waals surface area contributed by atoms with E-state index in [1.165, 1.54) is 5.56 Å². The van der Waals surface area contributed by atoms with E-state index in [4.69, 9.17) is 0 Å². The van der Waals surface area contributed by atoms with Crippen molar-refractivity contribution in [2.45, 2.75) is 0 Å². The van der Waals surface area contributed by atoms with Crippen LogP contribution in [0.5, 0.6) is 0 Å². The molecule has 0 aliphatic rings. The molecule has 0 aromatic heterocycles. The van der Waals surface area contributed by atoms with Crippen LogP contribution in [-0.2, 0) is 0 Å². The molecule has 0 fully saturated rings. The first-order valence-corrected chi connectivity index (χ1v) is 3.31. The van der Waals surface area contributed by atoms with Crippen LogP contribution in [0.25, 0.3) is 6.08 Å². The Kier molecular flexibility index (Phi) is 5.69. The van der Waals surface area contributed by atoms with E-state index in [1.807, 2.05) is 36.4 Å². The van der Waals surface area contributed by atoms with Gasteiger partial charge in [0.05, 0.1) is 0 Å². The van der Waals surface area contributed by atoms with Gasteiger partial charge < -0.3 is 0 Å². The molecule has 0 amide bonds. The van der Waals surface area contributed by atoms with Crippen LogP contribution < -0.4 is 0 Å². The van der Waals surface area contributed by atoms with Crippen molar-refractivity contribution in [3.63, 3.8) is 0 Å². The predicted molar refractivity (Wildman–Crippen MR) is 51.3 cm³/mol. The van der Waals surface area contributed by atoms with Crippen molar-refractivity contribution >= 4 is 6.08 Å². The summed E-state index contributed by atoms with van der Waals surface area (Å²) in [4.78, 5) is 0. The third-order valence-electron chi connectivity index (χ3n) is 1.04. The van der Waals surface area contributed by atoms with Crippen molar-refractivity contribution in [3.05, 3.63) is 61.4 Å². The average Bonchev–Trinajstić information content (AvgIpc) is 2.08. The third-order valence-corrected chi connectivity index (χ3v) is 1.04. The molecule has 0 heterocycles. The maximum atomic E-state index is 3.63. The van der Waals surface area contributed by atoms with Crippen LogP contribution in [0.4, 0.5) is 0 Å². The molecule has 0 heteroatoms. The quantitative estimate of drug-likeness (QED) is 0.530. The highest BCUT2D eigenvalue weighted by Crippen LogP contribution is 1.97. The minimum atomic E-state index is 1.17. The highest BCUT2D eigenvalue weighted by Gasteiger charge is 1.75. The monoisotopic (exact) mass is 144 g/mol. The minimum absolute atomic E-state index is 1.17. The van der Waals surface area contributed by atoms with E-state index in [1.54, 1.807) is 0 Å². The van der Waals surface area contributed by atoms with E-state index in [0.717, 1.165) is 0 Å². The molecular formula is C11H12. The van der Waals surface area contributed by atoms with Crippen LogP contribution in [0.15, 0.2) is 55.8 Å². The summed E-state index contributed by atoms with van der Waals surface area (Å²) < 4.78 is 0. The van der Waals surface area contributed by atoms with Gasteiger partial charge in [-0.2, -0.15) is 0 Å². The van der Waals surface area contributed by atoms with Gasteiger partial charge in [-0.15, -0.1) is 5.73 Å². The molecule has 0 radical (unpaired) electrons. The molecule has 0 N–H and O–H groups in total. The highest BCUT2D eigenvalue weighted by atomic mass is 13.8. The van der Waals surface area contributed by atoms with Crippen LogP contribution in [0, 0.1) is 0 Å². The van der Waals surface area contributed by atoms with E-state index in [9.17, 15) is 0 Å². The second-order valence-electron chi connectivity index (χ2n) is 1.86. The van der Waals surface area contributed by atoms with Crippen LogP contribution in [-0.4, -0.2) is 0 Å². The zero-order valence-corrected chi connectivity index (χ0v) is 6.59. The molecule has 1 rings (SSSR count). The molecule has 0 spiro atoms. The van der Waals surface area contributed by atoms with Crippen molar-refractivity contribution in [2.24, 2.45) is 0 Å². The van der Waals surface area contributed by atoms with Crippen molar-refractivity contribution in [1.82, 2.24) is 0 Å². The van der Waals surface area contributed by atoms with Gasteiger partial charge in [-0.3, -0.25) is 0 Å². The molecule has 1 aromatic carbocycles. The Morgan fingerprint density at radius 3 is 1.82 bits per heavy atom.